The van der Waals surface area contributed by atoms with E-state index >= 15 is 0 Å². The number of aromatic nitrogens is 2. The number of hydrogen-bond acceptors (Lipinski definition) is 7. The maximum absolute atomic E-state index is 12.3. The third-order valence-electron chi connectivity index (χ3n) is 3.90. The molecule has 0 spiro atoms. The van der Waals surface area contributed by atoms with Gasteiger partial charge in [-0.3, -0.25) is 14.8 Å². The molecule has 0 atom stereocenters. The van der Waals surface area contributed by atoms with Gasteiger partial charge in [-0.25, -0.2) is 14.6 Å². The number of fused-ring (bicyclic) bond motifs is 1. The van der Waals surface area contributed by atoms with Crippen LogP contribution in [0.4, 0.5) is 5.00 Å². The summed E-state index contributed by atoms with van der Waals surface area (Å²) in [5, 5.41) is 10.2. The van der Waals surface area contributed by atoms with Gasteiger partial charge in [0, 0.05) is 11.1 Å². The van der Waals surface area contributed by atoms with Crippen LogP contribution in [0.3, 0.4) is 0 Å². The number of esters is 1. The van der Waals surface area contributed by atoms with Gasteiger partial charge in [0.2, 0.25) is 5.88 Å². The van der Waals surface area contributed by atoms with Gasteiger partial charge in [0.05, 0.1) is 12.2 Å². The van der Waals surface area contributed by atoms with Gasteiger partial charge < -0.3 is 9.84 Å². The fraction of sp³-hybridized carbons (Fsp3) is 0.375. The highest BCUT2D eigenvalue weighted by Crippen LogP contribution is 2.40. The second-order valence-electron chi connectivity index (χ2n) is 5.54. The predicted octanol–water partition coefficient (Wildman–Crippen LogP) is 1.64. The fourth-order valence-electron chi connectivity index (χ4n) is 2.78. The Kier molecular flexibility index (Phi) is 4.84. The van der Waals surface area contributed by atoms with Gasteiger partial charge >= 0.3 is 11.7 Å². The maximum Gasteiger partial charge on any atom is 0.341 e. The van der Waals surface area contributed by atoms with E-state index in [2.05, 4.69) is 9.98 Å². The van der Waals surface area contributed by atoms with E-state index < -0.39 is 23.1 Å². The van der Waals surface area contributed by atoms with Crippen molar-refractivity contribution in [3.8, 4) is 5.88 Å². The van der Waals surface area contributed by atoms with Crippen molar-refractivity contribution in [3.63, 3.8) is 0 Å². The predicted molar refractivity (Wildman–Crippen MR) is 93.5 cm³/mol. The van der Waals surface area contributed by atoms with Crippen molar-refractivity contribution < 1.29 is 14.6 Å². The number of carbonyl (C=O) groups is 1. The molecule has 25 heavy (non-hydrogen) atoms. The topological polar surface area (TPSA) is 125 Å². The molecular weight excluding hydrogens is 346 g/mol. The van der Waals surface area contributed by atoms with Crippen molar-refractivity contribution in [1.29, 1.82) is 0 Å². The lowest BCUT2D eigenvalue weighted by molar-refractivity contribution is 0.0526. The number of rotatable bonds is 4. The molecule has 3 N–H and O–H groups in total. The molecule has 2 aromatic rings. The van der Waals surface area contributed by atoms with Gasteiger partial charge in [-0.1, -0.05) is 0 Å². The van der Waals surface area contributed by atoms with E-state index in [9.17, 15) is 19.5 Å². The Morgan fingerprint density at radius 3 is 2.80 bits per heavy atom. The number of ether oxygens (including phenoxy) is 1. The summed E-state index contributed by atoms with van der Waals surface area (Å²) < 4.78 is 5.14. The molecule has 0 saturated carbocycles. The molecule has 0 aromatic carbocycles. The summed E-state index contributed by atoms with van der Waals surface area (Å²) in [5.74, 6) is -1.01. The Balaban J connectivity index is 2.05. The van der Waals surface area contributed by atoms with Crippen LogP contribution in [0.1, 0.15) is 46.1 Å². The number of thiophene rings is 1. The Labute approximate surface area is 146 Å². The Morgan fingerprint density at radius 1 is 1.32 bits per heavy atom. The fourth-order valence-corrected chi connectivity index (χ4v) is 4.00. The second-order valence-corrected chi connectivity index (χ2v) is 6.62. The molecule has 0 radical (unpaired) electrons. The summed E-state index contributed by atoms with van der Waals surface area (Å²) in [7, 11) is 0. The van der Waals surface area contributed by atoms with Gasteiger partial charge in [0.25, 0.3) is 5.56 Å². The lowest BCUT2D eigenvalue weighted by atomic mass is 9.95. The first kappa shape index (κ1) is 17.2. The Morgan fingerprint density at radius 2 is 2.08 bits per heavy atom. The monoisotopic (exact) mass is 363 g/mol. The van der Waals surface area contributed by atoms with Crippen LogP contribution in [-0.4, -0.2) is 33.9 Å². The summed E-state index contributed by atoms with van der Waals surface area (Å²) in [6.07, 6.45) is 4.87. The molecule has 1 aliphatic rings. The normalized spacial score (nSPS) is 13.8. The first-order valence-corrected chi connectivity index (χ1v) is 8.74. The number of aromatic amines is 2. The van der Waals surface area contributed by atoms with Gasteiger partial charge in [0.15, 0.2) is 0 Å². The van der Waals surface area contributed by atoms with Crippen LogP contribution in [-0.2, 0) is 17.6 Å². The number of nitrogens with one attached hydrogen (secondary N) is 2. The smallest absolute Gasteiger partial charge is 0.341 e. The molecule has 0 saturated heterocycles. The number of H-pyrrole nitrogens is 2. The van der Waals surface area contributed by atoms with E-state index in [1.54, 1.807) is 6.92 Å². The van der Waals surface area contributed by atoms with Crippen molar-refractivity contribution >= 4 is 28.5 Å². The molecule has 0 bridgehead atoms. The van der Waals surface area contributed by atoms with Gasteiger partial charge in [-0.15, -0.1) is 11.3 Å². The molecule has 1 aliphatic carbocycles. The number of aryl methyl sites for hydroxylation is 1. The Bertz CT molecular complexity index is 954. The minimum atomic E-state index is -0.807. The zero-order valence-corrected chi connectivity index (χ0v) is 14.4. The van der Waals surface area contributed by atoms with Crippen molar-refractivity contribution in [2.45, 2.75) is 32.6 Å². The van der Waals surface area contributed by atoms with Crippen LogP contribution in [0.5, 0.6) is 5.88 Å². The van der Waals surface area contributed by atoms with Crippen molar-refractivity contribution in [1.82, 2.24) is 9.97 Å². The molecule has 9 heteroatoms. The molecule has 8 nitrogen and oxygen atoms in total. The molecular formula is C16H17N3O5S. The van der Waals surface area contributed by atoms with Crippen LogP contribution in [0.2, 0.25) is 0 Å². The summed E-state index contributed by atoms with van der Waals surface area (Å²) in [6, 6.07) is 0. The standard InChI is InChI=1S/C16H17N3O5S/c1-2-24-15(22)11-8-5-3-4-6-10(8)25-14(11)17-7-9-12(20)18-16(23)19-13(9)21/h7H,2-6H2,1H3,(H3,18,19,20,21,23)/b17-7+. The minimum Gasteiger partial charge on any atom is -0.494 e. The van der Waals surface area contributed by atoms with Crippen LogP contribution >= 0.6 is 11.3 Å². The zero-order chi connectivity index (χ0) is 18.0. The lowest BCUT2D eigenvalue weighted by Crippen LogP contribution is -2.24. The number of carbonyl (C=O) groups excluding carboxylic acids is 1. The average Bonchev–Trinajstić information content (AvgIpc) is 2.92. The zero-order valence-electron chi connectivity index (χ0n) is 13.5. The van der Waals surface area contributed by atoms with Crippen LogP contribution in [0, 0.1) is 0 Å². The number of hydrogen-bond donors (Lipinski definition) is 3. The summed E-state index contributed by atoms with van der Waals surface area (Å²) in [5.41, 5.74) is -0.358. The van der Waals surface area contributed by atoms with Crippen molar-refractivity contribution in [2.24, 2.45) is 4.99 Å². The SMILES string of the molecule is CCOC(=O)c1c(/N=C/c2c(O)[nH]c(=O)[nH]c2=O)sc2c1CCCC2. The van der Waals surface area contributed by atoms with E-state index in [-0.39, 0.29) is 12.2 Å². The highest BCUT2D eigenvalue weighted by molar-refractivity contribution is 7.16. The molecule has 0 aliphatic heterocycles. The van der Waals surface area contributed by atoms with E-state index in [0.717, 1.165) is 42.3 Å². The molecule has 2 aromatic heterocycles. The Hall–Kier alpha value is -2.68. The minimum absolute atomic E-state index is 0.180. The molecule has 2 heterocycles. The molecule has 0 amide bonds. The summed E-state index contributed by atoms with van der Waals surface area (Å²) in [4.78, 5) is 44.7. The molecule has 0 unspecified atom stereocenters. The van der Waals surface area contributed by atoms with E-state index in [1.807, 2.05) is 4.98 Å². The third-order valence-corrected chi connectivity index (χ3v) is 5.10. The van der Waals surface area contributed by atoms with E-state index in [1.165, 1.54) is 11.3 Å². The lowest BCUT2D eigenvalue weighted by Gasteiger charge is -2.11. The van der Waals surface area contributed by atoms with E-state index in [4.69, 9.17) is 4.74 Å². The number of nitrogens with zero attached hydrogens (tertiary/aromatic N) is 1. The van der Waals surface area contributed by atoms with Gasteiger partial charge in [0.1, 0.15) is 10.6 Å². The first-order valence-electron chi connectivity index (χ1n) is 7.92. The van der Waals surface area contributed by atoms with Crippen molar-refractivity contribution in [2.75, 3.05) is 6.61 Å². The second kappa shape index (κ2) is 7.06. The number of aromatic hydroxyl groups is 1. The highest BCUT2D eigenvalue weighted by Gasteiger charge is 2.26. The van der Waals surface area contributed by atoms with Crippen LogP contribution in [0.15, 0.2) is 14.6 Å². The summed E-state index contributed by atoms with van der Waals surface area (Å²) in [6.45, 7) is 1.99. The van der Waals surface area contributed by atoms with E-state index in [0.29, 0.717) is 10.6 Å². The third kappa shape index (κ3) is 3.41. The molecule has 0 fully saturated rings. The van der Waals surface area contributed by atoms with Gasteiger partial charge in [-0.05, 0) is 38.2 Å². The molecule has 132 valence electrons. The number of aliphatic imine (C=N–C) groups is 1. The van der Waals surface area contributed by atoms with Crippen molar-refractivity contribution in [3.05, 3.63) is 42.4 Å². The summed E-state index contributed by atoms with van der Waals surface area (Å²) >= 11 is 1.39. The quantitative estimate of drug-likeness (QED) is 0.562. The van der Waals surface area contributed by atoms with Gasteiger partial charge in [-0.2, -0.15) is 0 Å². The van der Waals surface area contributed by atoms with Crippen LogP contribution < -0.4 is 11.2 Å². The van der Waals surface area contributed by atoms with Crippen LogP contribution in [0.25, 0.3) is 0 Å². The highest BCUT2D eigenvalue weighted by atomic mass is 32.1. The first-order chi connectivity index (χ1) is 12.0. The average molecular weight is 363 g/mol. The largest absolute Gasteiger partial charge is 0.494 e. The molecule has 3 rings (SSSR count). The maximum atomic E-state index is 12.3.